The normalized spacial score (nSPS) is 11.9. The van der Waals surface area contributed by atoms with E-state index in [1.54, 1.807) is 28.5 Å². The van der Waals surface area contributed by atoms with Crippen LogP contribution >= 0.6 is 0 Å². The average molecular weight is 398 g/mol. The van der Waals surface area contributed by atoms with Crippen molar-refractivity contribution < 1.29 is 14.0 Å². The van der Waals surface area contributed by atoms with Crippen molar-refractivity contribution in [2.24, 2.45) is 7.05 Å². The van der Waals surface area contributed by atoms with Gasteiger partial charge in [0.2, 0.25) is 11.7 Å². The zero-order valence-corrected chi connectivity index (χ0v) is 16.9. The van der Waals surface area contributed by atoms with E-state index >= 15 is 0 Å². The van der Waals surface area contributed by atoms with Crippen LogP contribution in [0.15, 0.2) is 22.9 Å². The third kappa shape index (κ3) is 3.75. The lowest BCUT2D eigenvalue weighted by molar-refractivity contribution is 0.226. The fraction of sp³-hybridized carbons (Fsp3) is 0.444. The molecule has 0 aromatic carbocycles. The molecule has 0 aliphatic carbocycles. The van der Waals surface area contributed by atoms with Crippen molar-refractivity contribution in [3.05, 3.63) is 29.6 Å². The molecule has 0 amide bonds. The summed E-state index contributed by atoms with van der Waals surface area (Å²) in [6.07, 6.45) is 1.80. The Bertz CT molecular complexity index is 1140. The molecule has 4 rings (SSSR count). The number of aromatic nitrogens is 8. The van der Waals surface area contributed by atoms with Crippen LogP contribution in [0.5, 0.6) is 11.8 Å². The van der Waals surface area contributed by atoms with Crippen LogP contribution in [0.1, 0.15) is 39.0 Å². The lowest BCUT2D eigenvalue weighted by Crippen LogP contribution is -2.16. The average Bonchev–Trinajstić information content (AvgIpc) is 3.38. The summed E-state index contributed by atoms with van der Waals surface area (Å²) >= 11 is 0. The molecule has 29 heavy (non-hydrogen) atoms. The van der Waals surface area contributed by atoms with Gasteiger partial charge in [0.05, 0.1) is 18.9 Å². The van der Waals surface area contributed by atoms with Crippen LogP contribution in [0.25, 0.3) is 17.2 Å². The highest BCUT2D eigenvalue weighted by Crippen LogP contribution is 2.32. The van der Waals surface area contributed by atoms with E-state index in [-0.39, 0.29) is 12.0 Å². The Labute approximate surface area is 166 Å². The van der Waals surface area contributed by atoms with Gasteiger partial charge in [0.25, 0.3) is 0 Å². The number of aryl methyl sites for hydroxylation is 1. The first kappa shape index (κ1) is 18.8. The molecule has 0 fully saturated rings. The summed E-state index contributed by atoms with van der Waals surface area (Å²) in [5.41, 5.74) is 2.45. The van der Waals surface area contributed by atoms with Gasteiger partial charge in [-0.05, 0) is 18.4 Å². The molecule has 0 aliphatic heterocycles. The summed E-state index contributed by atoms with van der Waals surface area (Å²) in [6, 6.07) is 3.57. The molecule has 0 aliphatic rings. The smallest absolute Gasteiger partial charge is 0.311 e. The maximum absolute atomic E-state index is 6.00. The van der Waals surface area contributed by atoms with Crippen molar-refractivity contribution in [1.82, 2.24) is 40.0 Å². The Hall–Kier alpha value is -3.50. The Morgan fingerprint density at radius 2 is 1.93 bits per heavy atom. The van der Waals surface area contributed by atoms with E-state index in [9.17, 15) is 0 Å². The Morgan fingerprint density at radius 1 is 1.10 bits per heavy atom. The quantitative estimate of drug-likeness (QED) is 0.481. The molecule has 4 heterocycles. The first-order valence-corrected chi connectivity index (χ1v) is 9.20. The summed E-state index contributed by atoms with van der Waals surface area (Å²) in [6.45, 7) is 8.83. The molecule has 0 saturated heterocycles. The van der Waals surface area contributed by atoms with Gasteiger partial charge in [-0.15, -0.1) is 20.4 Å². The highest BCUT2D eigenvalue weighted by atomic mass is 16.6. The van der Waals surface area contributed by atoms with E-state index in [0.29, 0.717) is 41.3 Å². The minimum Gasteiger partial charge on any atom is -0.470 e. The summed E-state index contributed by atoms with van der Waals surface area (Å²) in [4.78, 5) is 0. The van der Waals surface area contributed by atoms with Gasteiger partial charge in [0.1, 0.15) is 12.3 Å². The molecule has 0 spiro atoms. The largest absolute Gasteiger partial charge is 0.470 e. The molecular weight excluding hydrogens is 376 g/mol. The number of rotatable bonds is 6. The van der Waals surface area contributed by atoms with E-state index in [1.807, 2.05) is 13.0 Å². The second-order valence-corrected chi connectivity index (χ2v) is 7.54. The van der Waals surface area contributed by atoms with Crippen molar-refractivity contribution in [2.75, 3.05) is 6.61 Å². The van der Waals surface area contributed by atoms with Crippen LogP contribution < -0.4 is 9.47 Å². The topological polar surface area (TPSA) is 118 Å². The summed E-state index contributed by atoms with van der Waals surface area (Å²) in [5.74, 6) is 1.20. The molecule has 0 unspecified atom stereocenters. The van der Waals surface area contributed by atoms with Gasteiger partial charge >= 0.3 is 5.95 Å². The number of hydrogen-bond acceptors (Lipinski definition) is 9. The van der Waals surface area contributed by atoms with Crippen LogP contribution in [0.2, 0.25) is 0 Å². The molecule has 4 aromatic rings. The third-order valence-electron chi connectivity index (χ3n) is 4.18. The first-order chi connectivity index (χ1) is 13.8. The zero-order valence-electron chi connectivity index (χ0n) is 16.9. The standard InChI is InChI=1S/C18H22N8O3/c1-6-27-15-8-13(23-29-15)16-21-20-14-7-12(18(2,3)4)17(22-26(14)16)28-10-11-9-25(5)24-19-11/h7-9H,6,10H2,1-5H3. The number of hydrogen-bond donors (Lipinski definition) is 0. The monoisotopic (exact) mass is 398 g/mol. The predicted molar refractivity (Wildman–Crippen MR) is 101 cm³/mol. The molecule has 0 atom stereocenters. The van der Waals surface area contributed by atoms with Crippen molar-refractivity contribution in [1.29, 1.82) is 0 Å². The number of fused-ring (bicyclic) bond motifs is 1. The Morgan fingerprint density at radius 3 is 2.62 bits per heavy atom. The number of ether oxygens (including phenoxy) is 2. The van der Waals surface area contributed by atoms with Crippen molar-refractivity contribution in [3.63, 3.8) is 0 Å². The van der Waals surface area contributed by atoms with Gasteiger partial charge in [-0.3, -0.25) is 4.68 Å². The molecular formula is C18H22N8O3. The minimum absolute atomic E-state index is 0.214. The van der Waals surface area contributed by atoms with E-state index in [4.69, 9.17) is 14.0 Å². The van der Waals surface area contributed by atoms with Crippen LogP contribution in [-0.2, 0) is 19.1 Å². The van der Waals surface area contributed by atoms with Crippen LogP contribution in [0, 0.1) is 0 Å². The lowest BCUT2D eigenvalue weighted by Gasteiger charge is -2.21. The van der Waals surface area contributed by atoms with Gasteiger partial charge < -0.3 is 14.0 Å². The van der Waals surface area contributed by atoms with Crippen LogP contribution in [0.4, 0.5) is 0 Å². The SMILES string of the molecule is CCOc1cc(-c2nnc3cc(C(C)(C)C)c(OCc4cn(C)nn4)nn23)no1. The van der Waals surface area contributed by atoms with Crippen molar-refractivity contribution in [2.45, 2.75) is 39.7 Å². The highest BCUT2D eigenvalue weighted by Gasteiger charge is 2.24. The van der Waals surface area contributed by atoms with Gasteiger partial charge in [0, 0.05) is 12.6 Å². The summed E-state index contributed by atoms with van der Waals surface area (Å²) < 4.78 is 19.7. The summed E-state index contributed by atoms with van der Waals surface area (Å²) in [7, 11) is 1.80. The summed E-state index contributed by atoms with van der Waals surface area (Å²) in [5, 5.41) is 25.1. The molecule has 11 heteroatoms. The van der Waals surface area contributed by atoms with Crippen LogP contribution in [0.3, 0.4) is 0 Å². The van der Waals surface area contributed by atoms with E-state index in [2.05, 4.69) is 51.5 Å². The maximum Gasteiger partial charge on any atom is 0.311 e. The van der Waals surface area contributed by atoms with Gasteiger partial charge in [-0.1, -0.05) is 31.1 Å². The third-order valence-corrected chi connectivity index (χ3v) is 4.18. The fourth-order valence-electron chi connectivity index (χ4n) is 2.80. The van der Waals surface area contributed by atoms with Crippen LogP contribution in [-0.4, -0.2) is 46.6 Å². The van der Waals surface area contributed by atoms with Crippen molar-refractivity contribution in [3.8, 4) is 23.3 Å². The highest BCUT2D eigenvalue weighted by molar-refractivity contribution is 5.56. The molecule has 152 valence electrons. The van der Waals surface area contributed by atoms with E-state index in [0.717, 1.165) is 5.56 Å². The zero-order chi connectivity index (χ0) is 20.6. The maximum atomic E-state index is 6.00. The second kappa shape index (κ2) is 7.15. The predicted octanol–water partition coefficient (Wildman–Crippen LogP) is 2.18. The lowest BCUT2D eigenvalue weighted by atomic mass is 9.88. The Kier molecular flexibility index (Phi) is 4.65. The van der Waals surface area contributed by atoms with E-state index < -0.39 is 0 Å². The van der Waals surface area contributed by atoms with Crippen molar-refractivity contribution >= 4 is 5.65 Å². The van der Waals surface area contributed by atoms with E-state index in [1.165, 1.54) is 0 Å². The first-order valence-electron chi connectivity index (χ1n) is 9.20. The minimum atomic E-state index is -0.214. The second-order valence-electron chi connectivity index (χ2n) is 7.54. The number of nitrogens with zero attached hydrogens (tertiary/aromatic N) is 8. The molecule has 0 N–H and O–H groups in total. The fourth-order valence-corrected chi connectivity index (χ4v) is 2.80. The molecule has 11 nitrogen and oxygen atoms in total. The van der Waals surface area contributed by atoms with Gasteiger partial charge in [-0.2, -0.15) is 4.52 Å². The Balaban J connectivity index is 1.74. The molecule has 0 radical (unpaired) electrons. The molecule has 0 bridgehead atoms. The van der Waals surface area contributed by atoms with Gasteiger partial charge in [-0.25, -0.2) is 0 Å². The van der Waals surface area contributed by atoms with Gasteiger partial charge in [0.15, 0.2) is 11.3 Å². The molecule has 0 saturated carbocycles. The molecule has 4 aromatic heterocycles.